The Kier molecular flexibility index (Phi) is 4.54. The molecule has 6 heteroatoms. The summed E-state index contributed by atoms with van der Waals surface area (Å²) in [5, 5.41) is 17.2. The summed E-state index contributed by atoms with van der Waals surface area (Å²) in [6, 6.07) is 0.629. The van der Waals surface area contributed by atoms with Crippen molar-refractivity contribution in [3.8, 4) is 0 Å². The molecule has 0 aliphatic heterocycles. The van der Waals surface area contributed by atoms with E-state index in [-0.39, 0.29) is 12.6 Å². The molecule has 0 aromatic carbocycles. The van der Waals surface area contributed by atoms with E-state index in [1.165, 1.54) is 19.3 Å². The van der Waals surface area contributed by atoms with Gasteiger partial charge in [-0.05, 0) is 19.8 Å². The molecule has 3 N–H and O–H groups in total. The monoisotopic (exact) mass is 254 g/mol. The van der Waals surface area contributed by atoms with E-state index in [4.69, 9.17) is 10.2 Å². The van der Waals surface area contributed by atoms with Crippen LogP contribution in [0.2, 0.25) is 0 Å². The quantitative estimate of drug-likeness (QED) is 0.821. The Hall–Kier alpha value is -1.14. The Labute approximate surface area is 107 Å². The van der Waals surface area contributed by atoms with Crippen molar-refractivity contribution >= 4 is 6.01 Å². The summed E-state index contributed by atoms with van der Waals surface area (Å²) >= 11 is 0. The lowest BCUT2D eigenvalue weighted by Gasteiger charge is -2.32. The van der Waals surface area contributed by atoms with Crippen LogP contribution in [0.1, 0.15) is 51.0 Å². The standard InChI is InChI=1S/C12H22N4O2/c1-9(13)11-14-15-12(18-11)16(7-8-17)10-5-3-2-4-6-10/h9-10,17H,2-8,13H2,1H3. The Balaban J connectivity index is 2.11. The van der Waals surface area contributed by atoms with Crippen molar-refractivity contribution < 1.29 is 9.52 Å². The maximum absolute atomic E-state index is 9.19. The molecule has 1 unspecified atom stereocenters. The lowest BCUT2D eigenvalue weighted by Crippen LogP contribution is -2.39. The fourth-order valence-electron chi connectivity index (χ4n) is 2.46. The van der Waals surface area contributed by atoms with E-state index in [9.17, 15) is 5.11 Å². The summed E-state index contributed by atoms with van der Waals surface area (Å²) in [6.07, 6.45) is 5.98. The Morgan fingerprint density at radius 2 is 2.11 bits per heavy atom. The van der Waals surface area contributed by atoms with Crippen molar-refractivity contribution in [3.05, 3.63) is 5.89 Å². The number of hydrogen-bond donors (Lipinski definition) is 2. The Morgan fingerprint density at radius 3 is 2.67 bits per heavy atom. The van der Waals surface area contributed by atoms with Gasteiger partial charge in [-0.1, -0.05) is 24.4 Å². The first-order valence-corrected chi connectivity index (χ1v) is 6.69. The minimum atomic E-state index is -0.256. The molecule has 18 heavy (non-hydrogen) atoms. The van der Waals surface area contributed by atoms with E-state index >= 15 is 0 Å². The van der Waals surface area contributed by atoms with Gasteiger partial charge >= 0.3 is 6.01 Å². The van der Waals surface area contributed by atoms with Crippen LogP contribution < -0.4 is 10.6 Å². The highest BCUT2D eigenvalue weighted by atomic mass is 16.4. The summed E-state index contributed by atoms with van der Waals surface area (Å²) in [5.74, 6) is 0.448. The molecular formula is C12H22N4O2. The highest BCUT2D eigenvalue weighted by Crippen LogP contribution is 2.26. The smallest absolute Gasteiger partial charge is 0.318 e. The van der Waals surface area contributed by atoms with Gasteiger partial charge in [0.05, 0.1) is 12.6 Å². The van der Waals surface area contributed by atoms with Crippen LogP contribution in [0.25, 0.3) is 0 Å². The zero-order chi connectivity index (χ0) is 13.0. The summed E-state index contributed by atoms with van der Waals surface area (Å²) in [5.41, 5.74) is 5.72. The van der Waals surface area contributed by atoms with Crippen molar-refractivity contribution in [1.82, 2.24) is 10.2 Å². The second-order valence-corrected chi connectivity index (χ2v) is 4.92. The van der Waals surface area contributed by atoms with Crippen LogP contribution in [0.15, 0.2) is 4.42 Å². The van der Waals surface area contributed by atoms with Gasteiger partial charge in [-0.2, -0.15) is 0 Å². The molecule has 1 atom stereocenters. The van der Waals surface area contributed by atoms with Gasteiger partial charge in [0, 0.05) is 12.6 Å². The van der Waals surface area contributed by atoms with Gasteiger partial charge in [0.1, 0.15) is 0 Å². The molecule has 0 radical (unpaired) electrons. The fraction of sp³-hybridized carbons (Fsp3) is 0.833. The predicted octanol–water partition coefficient (Wildman–Crippen LogP) is 1.22. The number of aromatic nitrogens is 2. The first-order valence-electron chi connectivity index (χ1n) is 6.69. The van der Waals surface area contributed by atoms with E-state index in [1.807, 2.05) is 11.8 Å². The van der Waals surface area contributed by atoms with Gasteiger partial charge in [-0.15, -0.1) is 5.10 Å². The second-order valence-electron chi connectivity index (χ2n) is 4.92. The third kappa shape index (κ3) is 3.00. The number of rotatable bonds is 5. The number of hydrogen-bond acceptors (Lipinski definition) is 6. The molecule has 1 heterocycles. The van der Waals surface area contributed by atoms with E-state index in [0.717, 1.165) is 12.8 Å². The molecule has 6 nitrogen and oxygen atoms in total. The van der Waals surface area contributed by atoms with Gasteiger partial charge in [-0.3, -0.25) is 0 Å². The number of anilines is 1. The zero-order valence-electron chi connectivity index (χ0n) is 10.9. The predicted molar refractivity (Wildman–Crippen MR) is 68.2 cm³/mol. The summed E-state index contributed by atoms with van der Waals surface area (Å²) < 4.78 is 5.58. The first kappa shape index (κ1) is 13.3. The molecule has 1 saturated carbocycles. The largest absolute Gasteiger partial charge is 0.406 e. The van der Waals surface area contributed by atoms with Gasteiger partial charge < -0.3 is 20.2 Å². The number of nitrogens with two attached hydrogens (primary N) is 1. The van der Waals surface area contributed by atoms with Crippen LogP contribution >= 0.6 is 0 Å². The SMILES string of the molecule is CC(N)c1nnc(N(CCO)C2CCCCC2)o1. The second kappa shape index (κ2) is 6.15. The minimum absolute atomic E-state index is 0.0897. The molecule has 102 valence electrons. The maximum atomic E-state index is 9.19. The van der Waals surface area contributed by atoms with Crippen LogP contribution in [0.3, 0.4) is 0 Å². The van der Waals surface area contributed by atoms with E-state index < -0.39 is 0 Å². The van der Waals surface area contributed by atoms with Crippen LogP contribution in [-0.4, -0.2) is 34.5 Å². The zero-order valence-corrected chi connectivity index (χ0v) is 10.9. The van der Waals surface area contributed by atoms with Gasteiger partial charge in [0.2, 0.25) is 5.89 Å². The highest BCUT2D eigenvalue weighted by molar-refractivity contribution is 5.27. The fourth-order valence-corrected chi connectivity index (χ4v) is 2.46. The van der Waals surface area contributed by atoms with E-state index in [1.54, 1.807) is 0 Å². The minimum Gasteiger partial charge on any atom is -0.406 e. The molecule has 1 aliphatic rings. The van der Waals surface area contributed by atoms with Crippen molar-refractivity contribution in [3.63, 3.8) is 0 Å². The van der Waals surface area contributed by atoms with E-state index in [2.05, 4.69) is 10.2 Å². The van der Waals surface area contributed by atoms with Crippen molar-refractivity contribution in [2.45, 2.75) is 51.1 Å². The molecular weight excluding hydrogens is 232 g/mol. The molecule has 0 bridgehead atoms. The molecule has 1 aromatic heterocycles. The summed E-state index contributed by atoms with van der Waals surface area (Å²) in [6.45, 7) is 2.44. The Morgan fingerprint density at radius 1 is 1.39 bits per heavy atom. The van der Waals surface area contributed by atoms with Gasteiger partial charge in [0.25, 0.3) is 0 Å². The molecule has 1 aliphatic carbocycles. The molecule has 0 amide bonds. The topological polar surface area (TPSA) is 88.4 Å². The normalized spacial score (nSPS) is 18.8. The van der Waals surface area contributed by atoms with Crippen molar-refractivity contribution in [2.75, 3.05) is 18.1 Å². The van der Waals surface area contributed by atoms with Crippen LogP contribution in [-0.2, 0) is 0 Å². The van der Waals surface area contributed by atoms with Crippen LogP contribution in [0.4, 0.5) is 6.01 Å². The number of nitrogens with zero attached hydrogens (tertiary/aromatic N) is 3. The third-order valence-electron chi connectivity index (χ3n) is 3.42. The molecule has 0 spiro atoms. The lowest BCUT2D eigenvalue weighted by molar-refractivity contribution is 0.283. The molecule has 1 fully saturated rings. The summed E-state index contributed by atoms with van der Waals surface area (Å²) in [4.78, 5) is 2.03. The first-order chi connectivity index (χ1) is 8.72. The van der Waals surface area contributed by atoms with E-state index in [0.29, 0.717) is 24.5 Å². The average Bonchev–Trinajstić information content (AvgIpc) is 2.86. The third-order valence-corrected chi connectivity index (χ3v) is 3.42. The maximum Gasteiger partial charge on any atom is 0.318 e. The van der Waals surface area contributed by atoms with Crippen molar-refractivity contribution in [2.24, 2.45) is 5.73 Å². The van der Waals surface area contributed by atoms with Crippen molar-refractivity contribution in [1.29, 1.82) is 0 Å². The number of aliphatic hydroxyl groups is 1. The highest BCUT2D eigenvalue weighted by Gasteiger charge is 2.25. The van der Waals surface area contributed by atoms with Crippen LogP contribution in [0.5, 0.6) is 0 Å². The number of aliphatic hydroxyl groups excluding tert-OH is 1. The molecule has 1 aromatic rings. The van der Waals surface area contributed by atoms with Gasteiger partial charge in [0.15, 0.2) is 0 Å². The molecule has 0 saturated heterocycles. The Bertz CT molecular complexity index is 361. The lowest BCUT2D eigenvalue weighted by atomic mass is 9.94. The van der Waals surface area contributed by atoms with Crippen LogP contribution in [0, 0.1) is 0 Å². The summed E-state index contributed by atoms with van der Waals surface area (Å²) in [7, 11) is 0. The average molecular weight is 254 g/mol. The molecule has 2 rings (SSSR count). The van der Waals surface area contributed by atoms with Gasteiger partial charge in [-0.25, -0.2) is 0 Å².